The minimum absolute atomic E-state index is 0.369. The molecule has 34 heavy (non-hydrogen) atoms. The summed E-state index contributed by atoms with van der Waals surface area (Å²) in [4.78, 5) is 0. The lowest BCUT2D eigenvalue weighted by molar-refractivity contribution is 0.822. The van der Waals surface area contributed by atoms with E-state index in [1.54, 1.807) is 0 Å². The normalized spacial score (nSPS) is 19.1. The van der Waals surface area contributed by atoms with Gasteiger partial charge in [-0.05, 0) is 58.9 Å². The van der Waals surface area contributed by atoms with Gasteiger partial charge in [0.1, 0.15) is 0 Å². The van der Waals surface area contributed by atoms with Crippen molar-refractivity contribution in [3.8, 4) is 0 Å². The van der Waals surface area contributed by atoms with Gasteiger partial charge < -0.3 is 14.5 Å². The summed E-state index contributed by atoms with van der Waals surface area (Å²) < 4.78 is 4.75. The zero-order chi connectivity index (χ0) is 25.5. The van der Waals surface area contributed by atoms with Gasteiger partial charge in [-0.1, -0.05) is 114 Å². The fraction of sp³-hybridized carbons (Fsp3) is 0.448. The predicted molar refractivity (Wildman–Crippen MR) is 156 cm³/mol. The lowest BCUT2D eigenvalue weighted by atomic mass is 9.92. The Kier molecular flexibility index (Phi) is 7.91. The minimum atomic E-state index is -2.95. The second-order valence-electron chi connectivity index (χ2n) is 10.8. The zero-order valence-corrected chi connectivity index (χ0v) is 25.0. The first kappa shape index (κ1) is 26.8. The number of hydrogen-bond donors (Lipinski definition) is 1. The molecule has 0 saturated heterocycles. The van der Waals surface area contributed by atoms with Gasteiger partial charge in [0.25, 0.3) is 0 Å². The fourth-order valence-corrected chi connectivity index (χ4v) is 10.0. The molecule has 2 N–H and O–H groups in total. The largest absolute Gasteiger partial charge is 0.429 e. The minimum Gasteiger partial charge on any atom is -0.333 e. The maximum absolute atomic E-state index is 7.49. The summed E-state index contributed by atoms with van der Waals surface area (Å²) in [5, 5.41) is 7.49. The van der Waals surface area contributed by atoms with Crippen molar-refractivity contribution in [2.45, 2.75) is 86.0 Å². The Labute approximate surface area is 216 Å². The summed E-state index contributed by atoms with van der Waals surface area (Å²) >= 11 is 4.18. The predicted octanol–water partition coefficient (Wildman–Crippen LogP) is 8.71. The van der Waals surface area contributed by atoms with Crippen molar-refractivity contribution in [3.63, 3.8) is 0 Å². The number of anilines is 2. The number of hydrogen-bond acceptors (Lipinski definition) is 3. The Bertz CT molecular complexity index is 1050. The third-order valence-corrected chi connectivity index (χ3v) is 11.2. The molecule has 2 aromatic carbocycles. The molecule has 5 heteroatoms. The molecule has 0 aromatic heterocycles. The van der Waals surface area contributed by atoms with Crippen molar-refractivity contribution < 1.29 is 0 Å². The van der Waals surface area contributed by atoms with Gasteiger partial charge in [0.15, 0.2) is 0 Å². The second-order valence-corrected chi connectivity index (χ2v) is 16.4. The van der Waals surface area contributed by atoms with Crippen LogP contribution in [-0.4, -0.2) is 7.18 Å². The van der Waals surface area contributed by atoms with E-state index in [-0.39, 0.29) is 0 Å². The first-order valence-electron chi connectivity index (χ1n) is 12.5. The van der Waals surface area contributed by atoms with E-state index in [1.165, 1.54) is 33.6 Å². The number of nitrogens with zero attached hydrogens (tertiary/aromatic N) is 2. The standard InChI is InChI=1S/C29H42BrN3Si/c1-18(2)24-13-11-14-25(19(3)4)28(24)32-22(9)17-23(10)33(34(32,30)31)29-26(20(5)6)15-12-16-27(29)21(7)8/h11-21H,9,31H2,1-8,10H3. The van der Waals surface area contributed by atoms with E-state index in [9.17, 15) is 0 Å². The van der Waals surface area contributed by atoms with Gasteiger partial charge in [-0.25, -0.2) is 0 Å². The zero-order valence-electron chi connectivity index (χ0n) is 22.4. The lowest BCUT2D eigenvalue weighted by Crippen LogP contribution is -2.70. The molecule has 3 nitrogen and oxygen atoms in total. The lowest BCUT2D eigenvalue weighted by Gasteiger charge is -2.50. The maximum Gasteiger partial charge on any atom is 0.429 e. The van der Waals surface area contributed by atoms with Gasteiger partial charge in [-0.15, -0.1) is 0 Å². The topological polar surface area (TPSA) is 32.5 Å². The van der Waals surface area contributed by atoms with Crippen molar-refractivity contribution in [2.75, 3.05) is 9.13 Å². The Morgan fingerprint density at radius 1 is 0.706 bits per heavy atom. The van der Waals surface area contributed by atoms with Crippen LogP contribution in [0.25, 0.3) is 0 Å². The van der Waals surface area contributed by atoms with Crippen molar-refractivity contribution in [2.24, 2.45) is 5.40 Å². The van der Waals surface area contributed by atoms with Gasteiger partial charge in [-0.2, -0.15) is 0 Å². The van der Waals surface area contributed by atoms with Crippen LogP contribution in [0.5, 0.6) is 0 Å². The van der Waals surface area contributed by atoms with Crippen LogP contribution in [0.4, 0.5) is 11.4 Å². The highest BCUT2D eigenvalue weighted by molar-refractivity contribution is 9.26. The van der Waals surface area contributed by atoms with E-state index in [0.717, 1.165) is 11.4 Å². The molecule has 0 fully saturated rings. The van der Waals surface area contributed by atoms with Crippen molar-refractivity contribution >= 4 is 33.8 Å². The third kappa shape index (κ3) is 4.67. The average Bonchev–Trinajstić information content (AvgIpc) is 2.72. The first-order chi connectivity index (χ1) is 15.8. The van der Waals surface area contributed by atoms with E-state index >= 15 is 0 Å². The number of benzene rings is 2. The van der Waals surface area contributed by atoms with Crippen LogP contribution in [0.15, 0.2) is 60.4 Å². The van der Waals surface area contributed by atoms with Gasteiger partial charge >= 0.3 is 7.18 Å². The van der Waals surface area contributed by atoms with Gasteiger partial charge in [-0.3, -0.25) is 0 Å². The molecule has 1 atom stereocenters. The number of nitrogens with two attached hydrogens (primary N) is 1. The SMILES string of the molecule is C=C1C=C(C)N(c2c(C(C)C)cccc2C(C)C)[Si](N)(Br)N1c1c(C(C)C)cccc1C(C)C. The van der Waals surface area contributed by atoms with Crippen LogP contribution in [-0.2, 0) is 0 Å². The molecule has 2 aromatic rings. The number of rotatable bonds is 6. The second kappa shape index (κ2) is 10.0. The first-order valence-corrected chi connectivity index (χ1v) is 16.7. The molecule has 1 aliphatic heterocycles. The van der Waals surface area contributed by atoms with E-state index in [0.29, 0.717) is 23.7 Å². The van der Waals surface area contributed by atoms with E-state index in [4.69, 9.17) is 5.40 Å². The highest BCUT2D eigenvalue weighted by atomic mass is 79.9. The van der Waals surface area contributed by atoms with Crippen molar-refractivity contribution in [1.82, 2.24) is 0 Å². The Morgan fingerprint density at radius 2 is 1.03 bits per heavy atom. The van der Waals surface area contributed by atoms with Crippen LogP contribution < -0.4 is 14.5 Å². The molecule has 0 bridgehead atoms. The molecule has 0 radical (unpaired) electrons. The summed E-state index contributed by atoms with van der Waals surface area (Å²) in [5.41, 5.74) is 9.82. The van der Waals surface area contributed by atoms with Crippen molar-refractivity contribution in [1.29, 1.82) is 0 Å². The van der Waals surface area contributed by atoms with Crippen LogP contribution >= 0.6 is 15.3 Å². The molecule has 1 unspecified atom stereocenters. The monoisotopic (exact) mass is 539 g/mol. The van der Waals surface area contributed by atoms with Crippen molar-refractivity contribution in [3.05, 3.63) is 82.7 Å². The summed E-state index contributed by atoms with van der Waals surface area (Å²) in [6.07, 6.45) is 2.20. The Hall–Kier alpha value is -1.82. The molecule has 1 aliphatic rings. The highest BCUT2D eigenvalue weighted by Crippen LogP contribution is 2.47. The van der Waals surface area contributed by atoms with E-state index < -0.39 is 7.18 Å². The third-order valence-electron chi connectivity index (χ3n) is 6.77. The summed E-state index contributed by atoms with van der Waals surface area (Å²) in [6, 6.07) is 13.4. The van der Waals surface area contributed by atoms with Crippen LogP contribution in [0, 0.1) is 0 Å². The smallest absolute Gasteiger partial charge is 0.333 e. The summed E-state index contributed by atoms with van der Waals surface area (Å²) in [7, 11) is -2.95. The van der Waals surface area contributed by atoms with Crippen LogP contribution in [0.3, 0.4) is 0 Å². The number of halogens is 1. The summed E-state index contributed by atoms with van der Waals surface area (Å²) in [6.45, 7) is 24.8. The molecular formula is C29H42BrN3Si. The molecule has 184 valence electrons. The van der Waals surface area contributed by atoms with Gasteiger partial charge in [0, 0.05) is 22.8 Å². The molecule has 0 saturated carbocycles. The van der Waals surface area contributed by atoms with E-state index in [2.05, 4.69) is 136 Å². The fourth-order valence-electron chi connectivity index (χ4n) is 5.09. The van der Waals surface area contributed by atoms with Gasteiger partial charge in [0.2, 0.25) is 0 Å². The van der Waals surface area contributed by atoms with E-state index in [1.807, 2.05) is 0 Å². The van der Waals surface area contributed by atoms with Crippen LogP contribution in [0.2, 0.25) is 0 Å². The highest BCUT2D eigenvalue weighted by Gasteiger charge is 2.49. The molecule has 3 rings (SSSR count). The summed E-state index contributed by atoms with van der Waals surface area (Å²) in [5.74, 6) is 1.50. The quantitative estimate of drug-likeness (QED) is 0.294. The molecule has 0 amide bonds. The molecule has 1 heterocycles. The Morgan fingerprint density at radius 3 is 1.35 bits per heavy atom. The average molecular weight is 541 g/mol. The number of para-hydroxylation sites is 2. The Balaban J connectivity index is 2.38. The molecule has 0 aliphatic carbocycles. The molecular weight excluding hydrogens is 498 g/mol. The molecule has 0 spiro atoms. The van der Waals surface area contributed by atoms with Crippen LogP contribution in [0.1, 0.15) is 108 Å². The van der Waals surface area contributed by atoms with Gasteiger partial charge in [0.05, 0.1) is 0 Å². The maximum atomic E-state index is 7.49. The number of allylic oxidation sites excluding steroid dienone is 2.